The quantitative estimate of drug-likeness (QED) is 0.677. The molecule has 0 fully saturated rings. The molecular formula is C18H17N3S. The van der Waals surface area contributed by atoms with Crippen LogP contribution < -0.4 is 5.32 Å². The van der Waals surface area contributed by atoms with Gasteiger partial charge in [0.25, 0.3) is 0 Å². The summed E-state index contributed by atoms with van der Waals surface area (Å²) >= 11 is 1.44. The van der Waals surface area contributed by atoms with E-state index in [1.165, 1.54) is 23.3 Å². The van der Waals surface area contributed by atoms with Crippen molar-refractivity contribution in [2.75, 3.05) is 11.9 Å². The number of fused-ring (bicyclic) bond motifs is 1. The number of anilines is 1. The summed E-state index contributed by atoms with van der Waals surface area (Å²) in [4.78, 5) is 4.25. The van der Waals surface area contributed by atoms with Crippen LogP contribution in [0.25, 0.3) is 10.2 Å². The predicted molar refractivity (Wildman–Crippen MR) is 92.2 cm³/mol. The van der Waals surface area contributed by atoms with Gasteiger partial charge in [-0.25, -0.2) is 4.98 Å². The van der Waals surface area contributed by atoms with Crippen LogP contribution >= 0.6 is 11.3 Å². The van der Waals surface area contributed by atoms with Crippen molar-refractivity contribution in [1.82, 2.24) is 4.98 Å². The molecule has 0 atom stereocenters. The minimum Gasteiger partial charge on any atom is -0.385 e. The highest BCUT2D eigenvalue weighted by Gasteiger charge is 2.03. The second-order valence-electron chi connectivity index (χ2n) is 5.18. The third kappa shape index (κ3) is 3.63. The molecule has 3 nitrogen and oxygen atoms in total. The minimum atomic E-state index is 0.523. The highest BCUT2D eigenvalue weighted by molar-refractivity contribution is 7.19. The maximum atomic E-state index is 8.88. The van der Waals surface area contributed by atoms with E-state index in [9.17, 15) is 0 Å². The lowest BCUT2D eigenvalue weighted by atomic mass is 10.1. The van der Waals surface area contributed by atoms with Crippen LogP contribution in [0.2, 0.25) is 0 Å². The van der Waals surface area contributed by atoms with Gasteiger partial charge in [0.1, 0.15) is 6.07 Å². The first-order chi connectivity index (χ1) is 10.8. The lowest BCUT2D eigenvalue weighted by Gasteiger charge is -2.06. The molecule has 3 rings (SSSR count). The van der Waals surface area contributed by atoms with Gasteiger partial charge in [-0.15, -0.1) is 11.3 Å². The lowest BCUT2D eigenvalue weighted by molar-refractivity contribution is 0.763. The summed E-state index contributed by atoms with van der Waals surface area (Å²) in [5.74, 6) is 0. The first-order valence-corrected chi connectivity index (χ1v) is 8.25. The molecule has 2 aromatic carbocycles. The third-order valence-electron chi connectivity index (χ3n) is 3.55. The molecular weight excluding hydrogens is 290 g/mol. The van der Waals surface area contributed by atoms with E-state index in [1.807, 2.05) is 12.1 Å². The molecule has 0 spiro atoms. The van der Waals surface area contributed by atoms with Crippen molar-refractivity contribution >= 4 is 27.2 Å². The van der Waals surface area contributed by atoms with Gasteiger partial charge in [-0.2, -0.15) is 5.26 Å². The average molecular weight is 307 g/mol. The van der Waals surface area contributed by atoms with Crippen molar-refractivity contribution < 1.29 is 0 Å². The molecule has 0 amide bonds. The van der Waals surface area contributed by atoms with Crippen LogP contribution in [-0.4, -0.2) is 11.5 Å². The van der Waals surface area contributed by atoms with Gasteiger partial charge >= 0.3 is 0 Å². The molecule has 0 bridgehead atoms. The van der Waals surface area contributed by atoms with Gasteiger partial charge in [0.05, 0.1) is 10.2 Å². The predicted octanol–water partition coefficient (Wildman–Crippen LogP) is 4.60. The van der Waals surface area contributed by atoms with Crippen LogP contribution in [0.3, 0.4) is 0 Å². The van der Waals surface area contributed by atoms with Crippen molar-refractivity contribution in [2.24, 2.45) is 0 Å². The Balaban J connectivity index is 1.48. The van der Waals surface area contributed by atoms with Gasteiger partial charge in [-0.3, -0.25) is 0 Å². The maximum Gasteiger partial charge on any atom is 0.195 e. The molecule has 0 aliphatic heterocycles. The number of benzene rings is 2. The van der Waals surface area contributed by atoms with E-state index >= 15 is 0 Å². The summed E-state index contributed by atoms with van der Waals surface area (Å²) in [5.41, 5.74) is 3.40. The molecule has 0 saturated carbocycles. The van der Waals surface area contributed by atoms with E-state index in [1.54, 1.807) is 0 Å². The van der Waals surface area contributed by atoms with Gasteiger partial charge in [0, 0.05) is 12.2 Å². The summed E-state index contributed by atoms with van der Waals surface area (Å²) in [6, 6.07) is 18.8. The van der Waals surface area contributed by atoms with Crippen molar-refractivity contribution in [2.45, 2.75) is 19.3 Å². The number of nitrogens with zero attached hydrogens (tertiary/aromatic N) is 2. The monoisotopic (exact) mass is 307 g/mol. The Kier molecular flexibility index (Phi) is 4.67. The molecule has 22 heavy (non-hydrogen) atoms. The van der Waals surface area contributed by atoms with E-state index in [0.29, 0.717) is 5.01 Å². The zero-order chi connectivity index (χ0) is 15.2. The van der Waals surface area contributed by atoms with Crippen molar-refractivity contribution in [3.63, 3.8) is 0 Å². The standard InChI is InChI=1S/C18H17N3S/c19-13-18-21-16-10-9-15(12-17(16)22-18)20-11-5-4-8-14-6-2-1-3-7-14/h1-3,6-7,9-10,12,20H,4-5,8,11H2. The molecule has 0 saturated heterocycles. The van der Waals surface area contributed by atoms with Crippen molar-refractivity contribution in [1.29, 1.82) is 5.26 Å². The van der Waals surface area contributed by atoms with Gasteiger partial charge in [-0.1, -0.05) is 30.3 Å². The number of hydrogen-bond acceptors (Lipinski definition) is 4. The van der Waals surface area contributed by atoms with Gasteiger partial charge in [0.15, 0.2) is 5.01 Å². The molecule has 4 heteroatoms. The SMILES string of the molecule is N#Cc1nc2ccc(NCCCCc3ccccc3)cc2s1. The molecule has 0 radical (unpaired) electrons. The summed E-state index contributed by atoms with van der Waals surface area (Å²) in [6.07, 6.45) is 3.44. The fraction of sp³-hybridized carbons (Fsp3) is 0.222. The van der Waals surface area contributed by atoms with Crippen molar-refractivity contribution in [3.05, 3.63) is 59.1 Å². The number of aromatic nitrogens is 1. The number of hydrogen-bond donors (Lipinski definition) is 1. The highest BCUT2D eigenvalue weighted by Crippen LogP contribution is 2.24. The van der Waals surface area contributed by atoms with E-state index in [-0.39, 0.29) is 0 Å². The molecule has 0 aliphatic rings. The second-order valence-corrected chi connectivity index (χ2v) is 6.21. The highest BCUT2D eigenvalue weighted by atomic mass is 32.1. The molecule has 0 aliphatic carbocycles. The van der Waals surface area contributed by atoms with Gasteiger partial charge in [0.2, 0.25) is 0 Å². The fourth-order valence-corrected chi connectivity index (χ4v) is 3.22. The molecule has 0 unspecified atom stereocenters. The summed E-state index contributed by atoms with van der Waals surface area (Å²) in [7, 11) is 0. The summed E-state index contributed by atoms with van der Waals surface area (Å²) < 4.78 is 1.06. The first kappa shape index (κ1) is 14.6. The Hall–Kier alpha value is -2.38. The Morgan fingerprint density at radius 3 is 2.77 bits per heavy atom. The normalized spacial score (nSPS) is 10.5. The number of nitrogens with one attached hydrogen (secondary N) is 1. The Morgan fingerprint density at radius 1 is 1.09 bits per heavy atom. The summed E-state index contributed by atoms with van der Waals surface area (Å²) in [6.45, 7) is 0.961. The largest absolute Gasteiger partial charge is 0.385 e. The zero-order valence-corrected chi connectivity index (χ0v) is 13.1. The number of thiazole rings is 1. The van der Waals surface area contributed by atoms with Crippen LogP contribution in [0.15, 0.2) is 48.5 Å². The van der Waals surface area contributed by atoms with Crippen molar-refractivity contribution in [3.8, 4) is 6.07 Å². The van der Waals surface area contributed by atoms with Crippen LogP contribution in [0.5, 0.6) is 0 Å². The molecule has 1 aromatic heterocycles. The molecule has 110 valence electrons. The molecule has 1 heterocycles. The van der Waals surface area contributed by atoms with E-state index in [0.717, 1.165) is 35.3 Å². The van der Waals surface area contributed by atoms with E-state index in [4.69, 9.17) is 5.26 Å². The van der Waals surface area contributed by atoms with E-state index < -0.39 is 0 Å². The third-order valence-corrected chi connectivity index (χ3v) is 4.47. The van der Waals surface area contributed by atoms with Gasteiger partial charge in [-0.05, 0) is 43.0 Å². The average Bonchev–Trinajstić information content (AvgIpc) is 2.98. The zero-order valence-electron chi connectivity index (χ0n) is 12.2. The van der Waals surface area contributed by atoms with Crippen LogP contribution in [0.4, 0.5) is 5.69 Å². The smallest absolute Gasteiger partial charge is 0.195 e. The Labute approximate surface area is 134 Å². The molecule has 1 N–H and O–H groups in total. The Bertz CT molecular complexity index is 787. The minimum absolute atomic E-state index is 0.523. The van der Waals surface area contributed by atoms with Gasteiger partial charge < -0.3 is 5.32 Å². The number of aryl methyl sites for hydroxylation is 1. The number of unbranched alkanes of at least 4 members (excludes halogenated alkanes) is 1. The topological polar surface area (TPSA) is 48.7 Å². The summed E-state index contributed by atoms with van der Waals surface area (Å²) in [5, 5.41) is 12.9. The van der Waals surface area contributed by atoms with Crippen LogP contribution in [0.1, 0.15) is 23.4 Å². The Morgan fingerprint density at radius 2 is 1.95 bits per heavy atom. The maximum absolute atomic E-state index is 8.88. The van der Waals surface area contributed by atoms with Crippen LogP contribution in [-0.2, 0) is 6.42 Å². The second kappa shape index (κ2) is 7.06. The number of rotatable bonds is 6. The lowest BCUT2D eigenvalue weighted by Crippen LogP contribution is -2.01. The van der Waals surface area contributed by atoms with Crippen LogP contribution in [0, 0.1) is 11.3 Å². The molecule has 3 aromatic rings. The fourth-order valence-electron chi connectivity index (χ4n) is 2.41. The number of nitriles is 1. The first-order valence-electron chi connectivity index (χ1n) is 7.43. The van der Waals surface area contributed by atoms with E-state index in [2.05, 4.69) is 52.8 Å².